The van der Waals surface area contributed by atoms with Crippen LogP contribution in [-0.4, -0.2) is 22.7 Å². The Hall–Kier alpha value is -2.14. The Bertz CT molecular complexity index is 683. The zero-order chi connectivity index (χ0) is 15.4. The van der Waals surface area contributed by atoms with Crippen LogP contribution in [0.2, 0.25) is 5.02 Å². The van der Waals surface area contributed by atoms with E-state index in [4.69, 9.17) is 11.6 Å². The van der Waals surface area contributed by atoms with Crippen molar-refractivity contribution in [1.29, 1.82) is 0 Å². The molecule has 0 radical (unpaired) electrons. The van der Waals surface area contributed by atoms with E-state index in [0.717, 1.165) is 11.4 Å². The molecule has 1 saturated heterocycles. The molecule has 6 heteroatoms. The van der Waals surface area contributed by atoms with Gasteiger partial charge in [0.05, 0.1) is 11.8 Å². The van der Waals surface area contributed by atoms with Gasteiger partial charge in [-0.25, -0.2) is 0 Å². The second-order valence-corrected chi connectivity index (χ2v) is 6.40. The van der Waals surface area contributed by atoms with E-state index in [1.54, 1.807) is 24.3 Å². The molecule has 3 amide bonds. The van der Waals surface area contributed by atoms with Crippen LogP contribution in [0.25, 0.3) is 0 Å². The fourth-order valence-corrected chi connectivity index (χ4v) is 3.91. The summed E-state index contributed by atoms with van der Waals surface area (Å²) in [6, 6.07) is 6.27. The molecule has 1 saturated carbocycles. The number of carbonyl (C=O) groups excluding carboxylic acids is 3. The number of rotatable bonds is 2. The van der Waals surface area contributed by atoms with Gasteiger partial charge in [-0.3, -0.25) is 19.8 Å². The fraction of sp³-hybridized carbons (Fsp3) is 0.312. The van der Waals surface area contributed by atoms with E-state index < -0.39 is 5.91 Å². The Morgan fingerprint density at radius 3 is 2.14 bits per heavy atom. The molecule has 0 unspecified atom stereocenters. The summed E-state index contributed by atoms with van der Waals surface area (Å²) < 4.78 is 0. The van der Waals surface area contributed by atoms with Gasteiger partial charge in [0.1, 0.15) is 0 Å². The first-order valence-corrected chi connectivity index (χ1v) is 7.57. The van der Waals surface area contributed by atoms with Crippen molar-refractivity contribution in [2.75, 3.05) is 0 Å². The van der Waals surface area contributed by atoms with E-state index in [-0.39, 0.29) is 35.5 Å². The molecule has 1 aromatic carbocycles. The maximum Gasteiger partial charge on any atom is 0.270 e. The summed E-state index contributed by atoms with van der Waals surface area (Å²) in [5.74, 6) is -1.45. The number of carbonyl (C=O) groups is 3. The molecule has 4 rings (SSSR count). The van der Waals surface area contributed by atoms with Crippen LogP contribution in [-0.2, 0) is 9.59 Å². The molecule has 22 heavy (non-hydrogen) atoms. The van der Waals surface area contributed by atoms with E-state index in [1.165, 1.54) is 0 Å². The van der Waals surface area contributed by atoms with Crippen LogP contribution < -0.4 is 5.43 Å². The van der Waals surface area contributed by atoms with Crippen molar-refractivity contribution < 1.29 is 14.4 Å². The largest absolute Gasteiger partial charge is 0.272 e. The van der Waals surface area contributed by atoms with Crippen molar-refractivity contribution in [3.8, 4) is 0 Å². The minimum absolute atomic E-state index is 0.129. The summed E-state index contributed by atoms with van der Waals surface area (Å²) in [6.07, 6.45) is 4.90. The van der Waals surface area contributed by atoms with Crippen LogP contribution in [0.1, 0.15) is 16.8 Å². The molecule has 1 N–H and O–H groups in total. The predicted octanol–water partition coefficient (Wildman–Crippen LogP) is 1.79. The third kappa shape index (κ3) is 1.82. The van der Waals surface area contributed by atoms with Crippen LogP contribution in [0, 0.1) is 23.7 Å². The Morgan fingerprint density at radius 2 is 1.59 bits per heavy atom. The van der Waals surface area contributed by atoms with Crippen LogP contribution in [0.4, 0.5) is 0 Å². The number of nitrogens with zero attached hydrogens (tertiary/aromatic N) is 1. The van der Waals surface area contributed by atoms with E-state index >= 15 is 0 Å². The Morgan fingerprint density at radius 1 is 1.05 bits per heavy atom. The average Bonchev–Trinajstić information content (AvgIpc) is 3.17. The minimum Gasteiger partial charge on any atom is -0.272 e. The summed E-state index contributed by atoms with van der Waals surface area (Å²) in [4.78, 5) is 37.1. The minimum atomic E-state index is -0.487. The lowest BCUT2D eigenvalue weighted by molar-refractivity contribution is -0.143. The highest BCUT2D eigenvalue weighted by molar-refractivity contribution is 6.30. The number of imide groups is 1. The van der Waals surface area contributed by atoms with Gasteiger partial charge in [0, 0.05) is 10.6 Å². The van der Waals surface area contributed by atoms with Crippen LogP contribution in [0.3, 0.4) is 0 Å². The van der Waals surface area contributed by atoms with E-state index in [9.17, 15) is 14.4 Å². The lowest BCUT2D eigenvalue weighted by Gasteiger charge is -2.17. The number of benzene rings is 1. The lowest BCUT2D eigenvalue weighted by atomic mass is 9.85. The van der Waals surface area contributed by atoms with Gasteiger partial charge in [-0.1, -0.05) is 23.8 Å². The van der Waals surface area contributed by atoms with Gasteiger partial charge in [-0.15, -0.1) is 0 Å². The molecule has 1 aromatic rings. The maximum absolute atomic E-state index is 12.4. The van der Waals surface area contributed by atoms with Crippen molar-refractivity contribution in [1.82, 2.24) is 10.4 Å². The highest BCUT2D eigenvalue weighted by Gasteiger charge is 2.59. The summed E-state index contributed by atoms with van der Waals surface area (Å²) >= 11 is 5.78. The average molecular weight is 317 g/mol. The van der Waals surface area contributed by atoms with E-state index in [0.29, 0.717) is 10.6 Å². The molecule has 112 valence electrons. The van der Waals surface area contributed by atoms with Gasteiger partial charge in [0.2, 0.25) is 0 Å². The lowest BCUT2D eigenvalue weighted by Crippen LogP contribution is -2.47. The number of nitrogens with one attached hydrogen (secondary N) is 1. The molecule has 2 fully saturated rings. The number of amides is 3. The van der Waals surface area contributed by atoms with E-state index in [1.807, 2.05) is 12.2 Å². The Labute approximate surface area is 131 Å². The molecule has 4 atom stereocenters. The third-order valence-electron chi connectivity index (χ3n) is 4.79. The molecule has 3 aliphatic rings. The zero-order valence-corrected chi connectivity index (χ0v) is 12.3. The van der Waals surface area contributed by atoms with Crippen molar-refractivity contribution >= 4 is 29.3 Å². The molecule has 0 spiro atoms. The standard InChI is InChI=1S/C16H13ClN2O3/c17-11-5-3-8(4-6-11)14(20)18-19-15(21)12-9-1-2-10(7-9)13(12)16(19)22/h1-6,9-10,12-13H,7H2,(H,18,20)/t9-,10+,12-,13-/m0/s1. The second-order valence-electron chi connectivity index (χ2n) is 5.96. The van der Waals surface area contributed by atoms with Gasteiger partial charge >= 0.3 is 0 Å². The number of hydrazine groups is 1. The zero-order valence-electron chi connectivity index (χ0n) is 11.5. The van der Waals surface area contributed by atoms with Gasteiger partial charge < -0.3 is 0 Å². The first-order chi connectivity index (χ1) is 10.6. The first kappa shape index (κ1) is 13.5. The highest BCUT2D eigenvalue weighted by atomic mass is 35.5. The second kappa shape index (κ2) is 4.68. The number of fused-ring (bicyclic) bond motifs is 5. The topological polar surface area (TPSA) is 66.5 Å². The summed E-state index contributed by atoms with van der Waals surface area (Å²) in [5, 5.41) is 1.42. The predicted molar refractivity (Wildman–Crippen MR) is 78.5 cm³/mol. The molecule has 1 heterocycles. The number of allylic oxidation sites excluding steroid dienone is 2. The molecule has 1 aliphatic heterocycles. The van der Waals surface area contributed by atoms with E-state index in [2.05, 4.69) is 5.43 Å². The Kier molecular flexibility index (Phi) is 2.87. The molecule has 0 aromatic heterocycles. The maximum atomic E-state index is 12.4. The summed E-state index contributed by atoms with van der Waals surface area (Å²) in [6.45, 7) is 0. The molecular formula is C16H13ClN2O3. The first-order valence-electron chi connectivity index (χ1n) is 7.19. The molecular weight excluding hydrogens is 304 g/mol. The van der Waals surface area contributed by atoms with Gasteiger partial charge in [-0.2, -0.15) is 5.01 Å². The number of halogens is 1. The monoisotopic (exact) mass is 316 g/mol. The van der Waals surface area contributed by atoms with Crippen LogP contribution >= 0.6 is 11.6 Å². The van der Waals surface area contributed by atoms with Crippen LogP contribution in [0.5, 0.6) is 0 Å². The molecule has 5 nitrogen and oxygen atoms in total. The highest BCUT2D eigenvalue weighted by Crippen LogP contribution is 2.52. The quantitative estimate of drug-likeness (QED) is 0.668. The van der Waals surface area contributed by atoms with Crippen molar-refractivity contribution in [3.05, 3.63) is 47.0 Å². The molecule has 2 aliphatic carbocycles. The summed E-state index contributed by atoms with van der Waals surface area (Å²) in [5.41, 5.74) is 2.79. The number of hydrogen-bond donors (Lipinski definition) is 1. The summed E-state index contributed by atoms with van der Waals surface area (Å²) in [7, 11) is 0. The van der Waals surface area contributed by atoms with Crippen molar-refractivity contribution in [2.24, 2.45) is 23.7 Å². The SMILES string of the molecule is O=C(NN1C(=O)[C@@H]2[C@@H](C1=O)[C@H]1C=C[C@@H]2C1)c1ccc(Cl)cc1. The fourth-order valence-electron chi connectivity index (χ4n) is 3.78. The van der Waals surface area contributed by atoms with Crippen LogP contribution in [0.15, 0.2) is 36.4 Å². The Balaban J connectivity index is 1.54. The van der Waals surface area contributed by atoms with Gasteiger partial charge in [0.25, 0.3) is 17.7 Å². The van der Waals surface area contributed by atoms with Crippen molar-refractivity contribution in [3.63, 3.8) is 0 Å². The number of hydrogen-bond acceptors (Lipinski definition) is 3. The molecule has 2 bridgehead atoms. The van der Waals surface area contributed by atoms with Gasteiger partial charge in [0.15, 0.2) is 0 Å². The normalized spacial score (nSPS) is 31.8. The smallest absolute Gasteiger partial charge is 0.270 e. The third-order valence-corrected chi connectivity index (χ3v) is 5.04. The van der Waals surface area contributed by atoms with Crippen molar-refractivity contribution in [2.45, 2.75) is 6.42 Å². The van der Waals surface area contributed by atoms with Gasteiger partial charge in [-0.05, 0) is 42.5 Å².